The third-order valence-electron chi connectivity index (χ3n) is 2.78. The Morgan fingerprint density at radius 1 is 1.40 bits per heavy atom. The van der Waals surface area contributed by atoms with Gasteiger partial charge in [-0.05, 0) is 24.5 Å². The summed E-state index contributed by atoms with van der Waals surface area (Å²) in [6.45, 7) is 0. The number of imidazole rings is 1. The molecule has 8 heteroatoms. The molecule has 0 fully saturated rings. The molecule has 0 saturated carbocycles. The number of H-pyrrole nitrogens is 1. The van der Waals surface area contributed by atoms with Gasteiger partial charge in [0.15, 0.2) is 0 Å². The molecule has 0 spiro atoms. The molecule has 7 nitrogen and oxygen atoms in total. The summed E-state index contributed by atoms with van der Waals surface area (Å²) in [6.07, 6.45) is 3.49. The average molecular weight is 289 g/mol. The number of nitrogens with one attached hydrogen (secondary N) is 1. The first-order valence-corrected chi connectivity index (χ1v) is 6.98. The van der Waals surface area contributed by atoms with Crippen LogP contribution in [0.2, 0.25) is 0 Å². The van der Waals surface area contributed by atoms with Crippen LogP contribution >= 0.6 is 11.8 Å². The second kappa shape index (κ2) is 4.97. The molecule has 0 amide bonds. The summed E-state index contributed by atoms with van der Waals surface area (Å²) < 4.78 is 6.91. The van der Waals surface area contributed by atoms with E-state index in [1.54, 1.807) is 23.6 Å². The molecule has 102 valence electrons. The summed E-state index contributed by atoms with van der Waals surface area (Å²) in [5, 5.41) is 4.28. The van der Waals surface area contributed by atoms with Crippen molar-refractivity contribution in [1.29, 1.82) is 0 Å². The summed E-state index contributed by atoms with van der Waals surface area (Å²) in [4.78, 5) is 22.5. The van der Waals surface area contributed by atoms with Crippen molar-refractivity contribution in [3.05, 3.63) is 35.0 Å². The minimum Gasteiger partial charge on any atom is -0.494 e. The maximum atomic E-state index is 11.2. The van der Waals surface area contributed by atoms with Crippen LogP contribution in [0.5, 0.6) is 5.75 Å². The van der Waals surface area contributed by atoms with Crippen LogP contribution in [0.1, 0.15) is 0 Å². The smallest absolute Gasteiger partial charge is 0.348 e. The van der Waals surface area contributed by atoms with Gasteiger partial charge in [-0.15, -0.1) is 16.9 Å². The molecule has 0 bridgehead atoms. The Morgan fingerprint density at radius 2 is 2.25 bits per heavy atom. The molecule has 2 aliphatic heterocycles. The number of ether oxygens (including phenoxy) is 1. The molecule has 0 aliphatic carbocycles. The van der Waals surface area contributed by atoms with E-state index in [9.17, 15) is 4.79 Å². The number of thioether (sulfide) groups is 1. The van der Waals surface area contributed by atoms with Crippen molar-refractivity contribution in [1.82, 2.24) is 24.7 Å². The summed E-state index contributed by atoms with van der Waals surface area (Å²) in [7, 11) is 1.60. The van der Waals surface area contributed by atoms with E-state index in [1.807, 2.05) is 24.5 Å². The highest BCUT2D eigenvalue weighted by molar-refractivity contribution is 7.98. The molecule has 1 N–H and O–H groups in total. The summed E-state index contributed by atoms with van der Waals surface area (Å²) >= 11 is 1.63. The van der Waals surface area contributed by atoms with Crippen molar-refractivity contribution in [2.75, 3.05) is 13.4 Å². The van der Waals surface area contributed by atoms with Crippen LogP contribution in [0, 0.1) is 0 Å². The number of aromatic amines is 1. The number of benzene rings is 1. The Bertz CT molecular complexity index is 782. The van der Waals surface area contributed by atoms with Crippen molar-refractivity contribution in [3.63, 3.8) is 0 Å². The van der Waals surface area contributed by atoms with Crippen LogP contribution in [0.15, 0.2) is 34.2 Å². The number of nitrogens with zero attached hydrogens (tertiary/aromatic N) is 4. The van der Waals surface area contributed by atoms with Crippen LogP contribution in [0.25, 0.3) is 17.3 Å². The molecular formula is C12H11N5O2S. The summed E-state index contributed by atoms with van der Waals surface area (Å²) in [5.74, 6) is 1.32. The van der Waals surface area contributed by atoms with Gasteiger partial charge in [0, 0.05) is 4.90 Å². The first-order valence-electron chi connectivity index (χ1n) is 5.75. The Hall–Kier alpha value is -2.35. The number of rotatable bonds is 3. The zero-order valence-corrected chi connectivity index (χ0v) is 11.6. The molecule has 20 heavy (non-hydrogen) atoms. The largest absolute Gasteiger partial charge is 0.494 e. The molecule has 1 aromatic rings. The molecule has 0 radical (unpaired) electrons. The Labute approximate surface area is 118 Å². The van der Waals surface area contributed by atoms with Gasteiger partial charge in [0.25, 0.3) is 0 Å². The van der Waals surface area contributed by atoms with E-state index in [0.29, 0.717) is 17.4 Å². The third-order valence-corrected chi connectivity index (χ3v) is 3.50. The number of hydrogen-bond donors (Lipinski definition) is 1. The van der Waals surface area contributed by atoms with Crippen molar-refractivity contribution in [2.24, 2.45) is 0 Å². The predicted octanol–water partition coefficient (Wildman–Crippen LogP) is 1.19. The lowest BCUT2D eigenvalue weighted by molar-refractivity contribution is 0.410. The monoisotopic (exact) mass is 289 g/mol. The lowest BCUT2D eigenvalue weighted by Gasteiger charge is -2.11. The molecule has 1 aromatic carbocycles. The van der Waals surface area contributed by atoms with Gasteiger partial charge in [-0.2, -0.15) is 4.98 Å². The molecule has 0 aromatic heterocycles. The molecule has 0 saturated heterocycles. The maximum absolute atomic E-state index is 11.2. The Kier molecular flexibility index (Phi) is 3.15. The van der Waals surface area contributed by atoms with E-state index < -0.39 is 5.69 Å². The lowest BCUT2D eigenvalue weighted by Crippen LogP contribution is -2.06. The highest BCUT2D eigenvalue weighted by Gasteiger charge is 2.13. The van der Waals surface area contributed by atoms with Crippen molar-refractivity contribution in [2.45, 2.75) is 4.90 Å². The van der Waals surface area contributed by atoms with E-state index in [4.69, 9.17) is 4.74 Å². The highest BCUT2D eigenvalue weighted by atomic mass is 32.2. The van der Waals surface area contributed by atoms with Gasteiger partial charge in [-0.25, -0.2) is 14.5 Å². The minimum absolute atomic E-state index is 0.297. The van der Waals surface area contributed by atoms with Crippen LogP contribution < -0.4 is 10.4 Å². The fourth-order valence-electron chi connectivity index (χ4n) is 1.83. The predicted molar refractivity (Wildman–Crippen MR) is 74.7 cm³/mol. The van der Waals surface area contributed by atoms with Gasteiger partial charge in [-0.1, -0.05) is 0 Å². The van der Waals surface area contributed by atoms with Crippen molar-refractivity contribution < 1.29 is 4.74 Å². The van der Waals surface area contributed by atoms with Gasteiger partial charge in [0.2, 0.25) is 11.6 Å². The zero-order chi connectivity index (χ0) is 14.1. The summed E-state index contributed by atoms with van der Waals surface area (Å²) in [6, 6.07) is 5.78. The zero-order valence-electron chi connectivity index (χ0n) is 10.8. The lowest BCUT2D eigenvalue weighted by atomic mass is 10.3. The van der Waals surface area contributed by atoms with Crippen LogP contribution in [-0.4, -0.2) is 38.1 Å². The fraction of sp³-hybridized carbons (Fsp3) is 0.167. The molecule has 0 atom stereocenters. The van der Waals surface area contributed by atoms with E-state index in [0.717, 1.165) is 10.6 Å². The van der Waals surface area contributed by atoms with Crippen LogP contribution in [-0.2, 0) is 0 Å². The van der Waals surface area contributed by atoms with Gasteiger partial charge in [-0.3, -0.25) is 4.98 Å². The molecule has 2 heterocycles. The number of aromatic nitrogens is 5. The quantitative estimate of drug-likeness (QED) is 0.729. The molecular weight excluding hydrogens is 278 g/mol. The second-order valence-corrected chi connectivity index (χ2v) is 4.82. The molecule has 0 unspecified atom stereocenters. The highest BCUT2D eigenvalue weighted by Crippen LogP contribution is 2.27. The minimum atomic E-state index is -0.456. The van der Waals surface area contributed by atoms with Gasteiger partial charge in [0.1, 0.15) is 17.8 Å². The normalized spacial score (nSPS) is 10.9. The molecule has 3 rings (SSSR count). The number of fused-ring (bicyclic) bond motifs is 1. The Morgan fingerprint density at radius 3 is 3.00 bits per heavy atom. The third kappa shape index (κ3) is 2.14. The van der Waals surface area contributed by atoms with Crippen molar-refractivity contribution >= 4 is 11.8 Å². The topological polar surface area (TPSA) is 85.7 Å². The van der Waals surface area contributed by atoms with Gasteiger partial charge < -0.3 is 4.74 Å². The average Bonchev–Trinajstić information content (AvgIpc) is 2.85. The number of hydrogen-bond acceptors (Lipinski definition) is 6. The summed E-state index contributed by atoms with van der Waals surface area (Å²) in [5.41, 5.74) is 0.282. The van der Waals surface area contributed by atoms with Crippen LogP contribution in [0.4, 0.5) is 0 Å². The maximum Gasteiger partial charge on any atom is 0.348 e. The Balaban J connectivity index is 2.15. The first-order chi connectivity index (χ1) is 9.71. The fourth-order valence-corrected chi connectivity index (χ4v) is 2.26. The SMILES string of the molecule is COc1cc(SC)ccc1-n1cnc2nc(=O)[nH]c-2n1. The number of methoxy groups -OCH3 is 1. The second-order valence-electron chi connectivity index (χ2n) is 3.94. The van der Waals surface area contributed by atoms with Crippen LogP contribution in [0.3, 0.4) is 0 Å². The van der Waals surface area contributed by atoms with E-state index in [1.165, 1.54) is 6.33 Å². The first kappa shape index (κ1) is 12.7. The van der Waals surface area contributed by atoms with Gasteiger partial charge >= 0.3 is 5.69 Å². The van der Waals surface area contributed by atoms with Gasteiger partial charge in [0.05, 0.1) is 7.11 Å². The van der Waals surface area contributed by atoms with E-state index in [-0.39, 0.29) is 0 Å². The van der Waals surface area contributed by atoms with Crippen molar-refractivity contribution in [3.8, 4) is 23.1 Å². The van der Waals surface area contributed by atoms with E-state index >= 15 is 0 Å². The molecule has 2 aliphatic rings. The van der Waals surface area contributed by atoms with E-state index in [2.05, 4.69) is 20.1 Å². The standard InChI is InChI=1S/C12H11N5O2S/c1-19-9-5-7(20-2)3-4-8(9)17-6-13-10-11(16-17)15-12(18)14-10/h3-6H,1-2H3,(H,15,16,18).